The van der Waals surface area contributed by atoms with Gasteiger partial charge in [0.15, 0.2) is 0 Å². The number of hydrogen-bond acceptors (Lipinski definition) is 5. The predicted octanol–water partition coefficient (Wildman–Crippen LogP) is 0.993. The quantitative estimate of drug-likeness (QED) is 0.447. The summed E-state index contributed by atoms with van der Waals surface area (Å²) >= 11 is 0. The molecule has 0 aromatic carbocycles. The van der Waals surface area contributed by atoms with Gasteiger partial charge in [0.05, 0.1) is 0 Å². The van der Waals surface area contributed by atoms with Crippen LogP contribution in [0.1, 0.15) is 19.8 Å². The Balaban J connectivity index is 3.87. The molecule has 0 aliphatic carbocycles. The summed E-state index contributed by atoms with van der Waals surface area (Å²) in [5.74, 6) is 0. The van der Waals surface area contributed by atoms with Gasteiger partial charge in [0, 0.05) is 0 Å². The molecule has 0 heterocycles. The third-order valence-electron chi connectivity index (χ3n) is 2.07. The topological polar surface area (TPSA) is 79.2 Å². The van der Waals surface area contributed by atoms with Crippen LogP contribution >= 0.6 is 7.94 Å². The molecule has 0 radical (unpaired) electrons. The fourth-order valence-electron chi connectivity index (χ4n) is 1.04. The molecular formula is C8H23O5PSi. The molecule has 0 rings (SSSR count). The van der Waals surface area contributed by atoms with E-state index in [1.54, 1.807) is 0 Å². The molecule has 0 saturated carbocycles. The maximum absolute atomic E-state index is 9.89. The summed E-state index contributed by atoms with van der Waals surface area (Å²) in [5, 5.41) is 0. The number of rotatable bonds is 8. The minimum atomic E-state index is -3.07. The predicted molar refractivity (Wildman–Crippen MR) is 64.1 cm³/mol. The van der Waals surface area contributed by atoms with Crippen molar-refractivity contribution in [1.29, 1.82) is 0 Å². The van der Waals surface area contributed by atoms with Crippen molar-refractivity contribution in [2.45, 2.75) is 32.4 Å². The normalized spacial score (nSPS) is 14.3. The van der Waals surface area contributed by atoms with Crippen LogP contribution < -0.4 is 0 Å². The molecule has 94 valence electrons. The third-order valence-corrected chi connectivity index (χ3v) is 5.50. The molecule has 0 atom stereocenters. The van der Waals surface area contributed by atoms with E-state index in [0.717, 1.165) is 12.8 Å². The van der Waals surface area contributed by atoms with E-state index in [2.05, 4.69) is 0 Å². The summed E-state index contributed by atoms with van der Waals surface area (Å²) in [5.41, 5.74) is 0. The van der Waals surface area contributed by atoms with Crippen molar-refractivity contribution in [2.75, 3.05) is 19.9 Å². The fourth-order valence-corrected chi connectivity index (χ4v) is 3.42. The van der Waals surface area contributed by atoms with Gasteiger partial charge in [-0.1, -0.05) is 0 Å². The van der Waals surface area contributed by atoms with Crippen LogP contribution in [-0.2, 0) is 9.05 Å². The van der Waals surface area contributed by atoms with Gasteiger partial charge in [-0.15, -0.1) is 0 Å². The summed E-state index contributed by atoms with van der Waals surface area (Å²) in [6.45, 7) is 3.59. The van der Waals surface area contributed by atoms with Gasteiger partial charge in [-0.3, -0.25) is 0 Å². The first kappa shape index (κ1) is 15.4. The molecule has 0 amide bonds. The van der Waals surface area contributed by atoms with Crippen LogP contribution in [0.3, 0.4) is 0 Å². The zero-order valence-corrected chi connectivity index (χ0v) is 11.7. The Hall–Kier alpha value is 0.447. The summed E-state index contributed by atoms with van der Waals surface area (Å²) in [7, 11) is -4.69. The van der Waals surface area contributed by atoms with Crippen LogP contribution in [0, 0.1) is 0 Å². The van der Waals surface area contributed by atoms with E-state index in [-0.39, 0.29) is 12.7 Å². The number of unbranched alkanes of at least 4 members (excludes halogenated alkanes) is 1. The maximum atomic E-state index is 9.89. The first-order valence-corrected chi connectivity index (χ1v) is 9.76. The van der Waals surface area contributed by atoms with Crippen molar-refractivity contribution in [3.8, 4) is 0 Å². The first-order chi connectivity index (χ1) is 6.83. The number of hydrogen-bond donors (Lipinski definition) is 3. The van der Waals surface area contributed by atoms with Gasteiger partial charge in [0.1, 0.15) is 0 Å². The van der Waals surface area contributed by atoms with Gasteiger partial charge < -0.3 is 0 Å². The first-order valence-electron chi connectivity index (χ1n) is 5.19. The molecule has 0 aromatic rings. The van der Waals surface area contributed by atoms with Gasteiger partial charge in [0.25, 0.3) is 0 Å². The standard InChI is InChI=1S/C8H23O5PSi/c1-4-5-7-14(9,12-2)13-6-8-15(3,10)11/h9-11,14H,4-8H2,1-3H3. The second-order valence-corrected chi connectivity index (χ2v) is 9.39. The molecule has 0 aromatic heterocycles. The van der Waals surface area contributed by atoms with Crippen molar-refractivity contribution in [1.82, 2.24) is 0 Å². The molecule has 0 aliphatic heterocycles. The van der Waals surface area contributed by atoms with Crippen LogP contribution in [0.5, 0.6) is 0 Å². The van der Waals surface area contributed by atoms with Crippen LogP contribution in [0.25, 0.3) is 0 Å². The second kappa shape index (κ2) is 6.91. The summed E-state index contributed by atoms with van der Waals surface area (Å²) in [4.78, 5) is 28.2. The van der Waals surface area contributed by atoms with Crippen molar-refractivity contribution in [3.63, 3.8) is 0 Å². The average molecular weight is 258 g/mol. The monoisotopic (exact) mass is 258 g/mol. The molecule has 0 aliphatic rings. The van der Waals surface area contributed by atoms with E-state index < -0.39 is 16.5 Å². The molecule has 0 fully saturated rings. The van der Waals surface area contributed by atoms with Gasteiger partial charge in [-0.25, -0.2) is 0 Å². The van der Waals surface area contributed by atoms with E-state index in [1.807, 2.05) is 6.92 Å². The van der Waals surface area contributed by atoms with Crippen LogP contribution in [0.4, 0.5) is 0 Å². The molecule has 0 bridgehead atoms. The van der Waals surface area contributed by atoms with Crippen molar-refractivity contribution in [3.05, 3.63) is 0 Å². The third kappa shape index (κ3) is 8.27. The van der Waals surface area contributed by atoms with Crippen LogP contribution in [0.15, 0.2) is 0 Å². The molecule has 0 saturated heterocycles. The summed E-state index contributed by atoms with van der Waals surface area (Å²) in [6.07, 6.45) is 2.34. The van der Waals surface area contributed by atoms with Gasteiger partial charge >= 0.3 is 92.3 Å². The van der Waals surface area contributed by atoms with E-state index >= 15 is 0 Å². The molecule has 7 heteroatoms. The summed E-state index contributed by atoms with van der Waals surface area (Å²) < 4.78 is 10.2. The Morgan fingerprint density at radius 3 is 2.33 bits per heavy atom. The zero-order chi connectivity index (χ0) is 11.9. The van der Waals surface area contributed by atoms with Crippen molar-refractivity contribution < 1.29 is 23.5 Å². The van der Waals surface area contributed by atoms with E-state index in [4.69, 9.17) is 9.05 Å². The Morgan fingerprint density at radius 1 is 1.33 bits per heavy atom. The van der Waals surface area contributed by atoms with E-state index in [9.17, 15) is 14.5 Å². The van der Waals surface area contributed by atoms with Gasteiger partial charge in [-0.2, -0.15) is 0 Å². The Kier molecular flexibility index (Phi) is 7.11. The molecule has 15 heavy (non-hydrogen) atoms. The molecular weight excluding hydrogens is 235 g/mol. The molecule has 3 N–H and O–H groups in total. The SMILES string of the molecule is CCCC[PH](O)(OC)OCC[Si](C)(O)O. The van der Waals surface area contributed by atoms with Crippen molar-refractivity contribution in [2.24, 2.45) is 0 Å². The average Bonchev–Trinajstić information content (AvgIpc) is 2.13. The van der Waals surface area contributed by atoms with Crippen molar-refractivity contribution >= 4 is 16.5 Å². The van der Waals surface area contributed by atoms with Crippen LogP contribution in [0.2, 0.25) is 12.6 Å². The van der Waals surface area contributed by atoms with E-state index in [0.29, 0.717) is 6.16 Å². The zero-order valence-electron chi connectivity index (χ0n) is 9.69. The molecule has 5 nitrogen and oxygen atoms in total. The fraction of sp³-hybridized carbons (Fsp3) is 1.00. The minimum absolute atomic E-state index is 0.149. The van der Waals surface area contributed by atoms with Crippen LogP contribution in [-0.4, -0.2) is 42.9 Å². The molecule has 0 unspecified atom stereocenters. The Labute approximate surface area is 92.9 Å². The summed E-state index contributed by atoms with van der Waals surface area (Å²) in [6, 6.07) is 0.192. The van der Waals surface area contributed by atoms with Gasteiger partial charge in [-0.05, 0) is 0 Å². The molecule has 0 spiro atoms. The van der Waals surface area contributed by atoms with E-state index in [1.165, 1.54) is 13.7 Å². The Morgan fingerprint density at radius 2 is 1.93 bits per heavy atom. The Bertz CT molecular complexity index is 175. The van der Waals surface area contributed by atoms with Gasteiger partial charge in [0.2, 0.25) is 0 Å². The second-order valence-electron chi connectivity index (χ2n) is 3.84.